The van der Waals surface area contributed by atoms with E-state index in [1.807, 2.05) is 13.0 Å². The third-order valence-corrected chi connectivity index (χ3v) is 9.20. The summed E-state index contributed by atoms with van der Waals surface area (Å²) in [4.78, 5) is 19.0. The minimum atomic E-state index is -4.82. The molecule has 7 rings (SSSR count). The van der Waals surface area contributed by atoms with E-state index < -0.39 is 12.3 Å². The Morgan fingerprint density at radius 1 is 1.20 bits per heavy atom. The number of carbonyl (C=O) groups excluding carboxylic acids is 1. The summed E-state index contributed by atoms with van der Waals surface area (Å²) in [5.41, 5.74) is 2.72. The predicted octanol–water partition coefficient (Wildman–Crippen LogP) is 6.32. The Hall–Kier alpha value is -3.60. The Labute approximate surface area is 234 Å². The number of nitrogens with zero attached hydrogens (tertiary/aromatic N) is 3. The fraction of sp³-hybridized carbons (Fsp3) is 0.500. The molecule has 41 heavy (non-hydrogen) atoms. The summed E-state index contributed by atoms with van der Waals surface area (Å²) < 4.78 is 60.7. The molecule has 2 aromatic heterocycles. The molecule has 3 heterocycles. The molecule has 1 spiro atoms. The Kier molecular flexibility index (Phi) is 6.08. The van der Waals surface area contributed by atoms with Gasteiger partial charge in [0.05, 0.1) is 37.0 Å². The number of esters is 1. The lowest BCUT2D eigenvalue weighted by Gasteiger charge is -2.42. The topological polar surface area (TPSA) is 86.7 Å². The second-order valence-electron chi connectivity index (χ2n) is 11.6. The van der Waals surface area contributed by atoms with Crippen LogP contribution in [0.1, 0.15) is 71.7 Å². The van der Waals surface area contributed by atoms with E-state index in [4.69, 9.17) is 14.0 Å². The van der Waals surface area contributed by atoms with Crippen LogP contribution in [0.25, 0.3) is 11.3 Å². The fourth-order valence-corrected chi connectivity index (χ4v) is 7.05. The SMILES string of the molecule is COC(=O)c1cnc(N2C3C[C@@H](OCc4c(-c5ccccc5OC(F)(F)F)noc4C4CC4)C[C@@H]4CC[C@@]342)c(C)c1. The number of ether oxygens (including phenoxy) is 3. The molecule has 0 bridgehead atoms. The first-order chi connectivity index (χ1) is 19.7. The normalized spacial score (nSPS) is 26.6. The molecular weight excluding hydrogens is 539 g/mol. The number of aromatic nitrogens is 2. The van der Waals surface area contributed by atoms with E-state index >= 15 is 0 Å². The van der Waals surface area contributed by atoms with Gasteiger partial charge in [-0.15, -0.1) is 13.2 Å². The highest BCUT2D eigenvalue weighted by molar-refractivity contribution is 5.89. The van der Waals surface area contributed by atoms with E-state index in [9.17, 15) is 18.0 Å². The minimum Gasteiger partial charge on any atom is -0.465 e. The average Bonchev–Trinajstić information content (AvgIpc) is 3.84. The van der Waals surface area contributed by atoms with Gasteiger partial charge in [0.2, 0.25) is 0 Å². The van der Waals surface area contributed by atoms with Gasteiger partial charge in [-0.2, -0.15) is 0 Å². The molecule has 1 saturated heterocycles. The molecule has 11 heteroatoms. The van der Waals surface area contributed by atoms with Crippen LogP contribution in [0, 0.1) is 12.8 Å². The predicted molar refractivity (Wildman–Crippen MR) is 140 cm³/mol. The summed E-state index contributed by atoms with van der Waals surface area (Å²) in [5, 5.41) is 4.20. The Morgan fingerprint density at radius 2 is 2.00 bits per heavy atom. The number of benzene rings is 1. The number of rotatable bonds is 8. The van der Waals surface area contributed by atoms with Crippen molar-refractivity contribution in [1.82, 2.24) is 10.1 Å². The van der Waals surface area contributed by atoms with Crippen molar-refractivity contribution in [1.29, 1.82) is 0 Å². The Morgan fingerprint density at radius 3 is 2.68 bits per heavy atom. The van der Waals surface area contributed by atoms with E-state index in [1.54, 1.807) is 18.3 Å². The van der Waals surface area contributed by atoms with Gasteiger partial charge in [0.1, 0.15) is 23.0 Å². The molecule has 3 aliphatic carbocycles. The molecule has 216 valence electrons. The van der Waals surface area contributed by atoms with Crippen LogP contribution in [0.15, 0.2) is 41.1 Å². The Bertz CT molecular complexity index is 1500. The third-order valence-electron chi connectivity index (χ3n) is 9.20. The molecule has 4 fully saturated rings. The molecule has 1 unspecified atom stereocenters. The summed E-state index contributed by atoms with van der Waals surface area (Å²) in [6, 6.07) is 8.11. The molecule has 0 amide bonds. The number of methoxy groups -OCH3 is 1. The van der Waals surface area contributed by atoms with Gasteiger partial charge in [0.25, 0.3) is 0 Å². The van der Waals surface area contributed by atoms with Crippen molar-refractivity contribution in [3.05, 3.63) is 59.0 Å². The standard InChI is InChI=1S/C30H30F3N3O5/c1-16-11-18(28(37)38-2)14-34-27(16)36-24-13-20(12-19-9-10-29(19,24)36)39-15-22-25(35-41-26(22)17-7-8-17)21-5-3-4-6-23(21)40-30(31,32)33/h3-6,11,14,17,19-20,24H,7-10,12-13,15H2,1-2H3/t19-,20-,24?,29-,36?/m0/s1. The number of anilines is 1. The lowest BCUT2D eigenvalue weighted by atomic mass is 9.64. The average molecular weight is 570 g/mol. The van der Waals surface area contributed by atoms with Crippen molar-refractivity contribution >= 4 is 11.8 Å². The van der Waals surface area contributed by atoms with Crippen molar-refractivity contribution < 1.29 is 36.7 Å². The number of hydrogen-bond donors (Lipinski definition) is 0. The molecule has 3 aromatic rings. The zero-order chi connectivity index (χ0) is 28.5. The molecule has 1 aromatic carbocycles. The highest BCUT2D eigenvalue weighted by Gasteiger charge is 2.73. The monoisotopic (exact) mass is 569 g/mol. The van der Waals surface area contributed by atoms with Gasteiger partial charge in [-0.1, -0.05) is 17.3 Å². The van der Waals surface area contributed by atoms with E-state index in [-0.39, 0.29) is 35.5 Å². The van der Waals surface area contributed by atoms with Crippen molar-refractivity contribution in [3.63, 3.8) is 0 Å². The van der Waals surface area contributed by atoms with E-state index in [1.165, 1.54) is 19.2 Å². The van der Waals surface area contributed by atoms with E-state index in [0.29, 0.717) is 34.5 Å². The van der Waals surface area contributed by atoms with Crippen molar-refractivity contribution in [3.8, 4) is 17.0 Å². The van der Waals surface area contributed by atoms with E-state index in [0.717, 1.165) is 49.9 Å². The molecule has 1 aliphatic heterocycles. The molecule has 0 N–H and O–H groups in total. The highest BCUT2D eigenvalue weighted by atomic mass is 19.4. The maximum atomic E-state index is 13.1. The fourth-order valence-electron chi connectivity index (χ4n) is 7.05. The smallest absolute Gasteiger partial charge is 0.465 e. The van der Waals surface area contributed by atoms with Crippen LogP contribution in [0.5, 0.6) is 5.75 Å². The highest BCUT2D eigenvalue weighted by Crippen LogP contribution is 2.66. The number of para-hydroxylation sites is 1. The van der Waals surface area contributed by atoms with Crippen molar-refractivity contribution in [2.45, 2.75) is 82.0 Å². The summed E-state index contributed by atoms with van der Waals surface area (Å²) in [5.74, 6) is 1.54. The summed E-state index contributed by atoms with van der Waals surface area (Å²) in [6.07, 6.45) is 2.58. The van der Waals surface area contributed by atoms with Crippen LogP contribution in [0.4, 0.5) is 19.0 Å². The number of halogens is 3. The first kappa shape index (κ1) is 26.3. The van der Waals surface area contributed by atoms with Crippen LogP contribution < -0.4 is 9.64 Å². The van der Waals surface area contributed by atoms with Gasteiger partial charge in [0, 0.05) is 23.2 Å². The molecule has 3 saturated carbocycles. The Balaban J connectivity index is 1.10. The van der Waals surface area contributed by atoms with Gasteiger partial charge in [0.15, 0.2) is 0 Å². The van der Waals surface area contributed by atoms with Crippen LogP contribution in [-0.4, -0.2) is 47.3 Å². The van der Waals surface area contributed by atoms with E-state index in [2.05, 4.69) is 19.8 Å². The summed E-state index contributed by atoms with van der Waals surface area (Å²) >= 11 is 0. The van der Waals surface area contributed by atoms with Gasteiger partial charge in [-0.05, 0) is 75.1 Å². The van der Waals surface area contributed by atoms with Crippen LogP contribution in [0.2, 0.25) is 0 Å². The maximum Gasteiger partial charge on any atom is 0.573 e. The number of carbonyl (C=O) groups is 1. The molecule has 4 atom stereocenters. The zero-order valence-electron chi connectivity index (χ0n) is 22.7. The van der Waals surface area contributed by atoms with Gasteiger partial charge in [-0.25, -0.2) is 9.78 Å². The second kappa shape index (κ2) is 9.47. The number of pyridine rings is 1. The number of aryl methyl sites for hydroxylation is 1. The first-order valence-electron chi connectivity index (χ1n) is 14.0. The maximum absolute atomic E-state index is 13.1. The van der Waals surface area contributed by atoms with Crippen LogP contribution in [0.3, 0.4) is 0 Å². The molecule has 4 aliphatic rings. The molecule has 8 nitrogen and oxygen atoms in total. The molecular formula is C30H30F3N3O5. The summed E-state index contributed by atoms with van der Waals surface area (Å²) in [7, 11) is 1.35. The first-order valence-corrected chi connectivity index (χ1v) is 14.0. The minimum absolute atomic E-state index is 0.0189. The molecule has 0 radical (unpaired) electrons. The zero-order valence-corrected chi connectivity index (χ0v) is 22.7. The lowest BCUT2D eigenvalue weighted by Crippen LogP contribution is -2.46. The van der Waals surface area contributed by atoms with Gasteiger partial charge < -0.3 is 23.6 Å². The van der Waals surface area contributed by atoms with Gasteiger partial charge >= 0.3 is 12.3 Å². The van der Waals surface area contributed by atoms with Gasteiger partial charge in [-0.3, -0.25) is 0 Å². The van der Waals surface area contributed by atoms with Crippen molar-refractivity contribution in [2.24, 2.45) is 5.92 Å². The third kappa shape index (κ3) is 4.45. The van der Waals surface area contributed by atoms with Crippen LogP contribution >= 0.6 is 0 Å². The second-order valence-corrected chi connectivity index (χ2v) is 11.6. The van der Waals surface area contributed by atoms with Crippen molar-refractivity contribution in [2.75, 3.05) is 12.0 Å². The largest absolute Gasteiger partial charge is 0.573 e. The quantitative estimate of drug-likeness (QED) is 0.230. The number of hydrogen-bond acceptors (Lipinski definition) is 8. The van der Waals surface area contributed by atoms with Crippen LogP contribution in [-0.2, 0) is 16.1 Å². The lowest BCUT2D eigenvalue weighted by molar-refractivity contribution is -0.274. The summed E-state index contributed by atoms with van der Waals surface area (Å²) in [6.45, 7) is 2.16. The number of alkyl halides is 3.